The van der Waals surface area contributed by atoms with Crippen molar-refractivity contribution in [1.29, 1.82) is 0 Å². The van der Waals surface area contributed by atoms with E-state index >= 15 is 0 Å². The molecule has 0 spiro atoms. The summed E-state index contributed by atoms with van der Waals surface area (Å²) in [6.07, 6.45) is 2.12. The Labute approximate surface area is 90.5 Å². The van der Waals surface area contributed by atoms with Gasteiger partial charge in [-0.1, -0.05) is 13.3 Å². The molecule has 0 bridgehead atoms. The Balaban J connectivity index is 2.71. The highest BCUT2D eigenvalue weighted by molar-refractivity contribution is 5.27. The van der Waals surface area contributed by atoms with E-state index in [1.54, 1.807) is 0 Å². The molecule has 0 atom stereocenters. The Kier molecular flexibility index (Phi) is 4.27. The van der Waals surface area contributed by atoms with Gasteiger partial charge in [0.25, 0.3) is 0 Å². The molecule has 84 valence electrons. The van der Waals surface area contributed by atoms with Crippen LogP contribution in [0.2, 0.25) is 0 Å². The van der Waals surface area contributed by atoms with E-state index in [1.165, 1.54) is 0 Å². The van der Waals surface area contributed by atoms with Crippen molar-refractivity contribution in [2.24, 2.45) is 0 Å². The topological polar surface area (TPSA) is 51.1 Å². The molecule has 0 saturated carbocycles. The second-order valence-electron chi connectivity index (χ2n) is 3.56. The molecule has 0 saturated heterocycles. The van der Waals surface area contributed by atoms with Gasteiger partial charge in [-0.05, 0) is 13.3 Å². The summed E-state index contributed by atoms with van der Waals surface area (Å²) in [5.41, 5.74) is 0. The fraction of sp³-hybridized carbons (Fsp3) is 0.700. The van der Waals surface area contributed by atoms with E-state index in [0.29, 0.717) is 24.4 Å². The molecule has 5 heteroatoms. The van der Waals surface area contributed by atoms with Crippen molar-refractivity contribution in [3.63, 3.8) is 0 Å². The highest BCUT2D eigenvalue weighted by Gasteiger charge is 2.05. The summed E-state index contributed by atoms with van der Waals surface area (Å²) in [7, 11) is 3.79. The first-order valence-corrected chi connectivity index (χ1v) is 5.16. The molecule has 0 fully saturated rings. The van der Waals surface area contributed by atoms with Gasteiger partial charge in [0.15, 0.2) is 0 Å². The average molecular weight is 210 g/mol. The number of unbranched alkanes of at least 4 members (excludes halogenated alkanes) is 1. The van der Waals surface area contributed by atoms with E-state index < -0.39 is 0 Å². The van der Waals surface area contributed by atoms with Gasteiger partial charge in [0.05, 0.1) is 6.61 Å². The van der Waals surface area contributed by atoms with Gasteiger partial charge in [0.2, 0.25) is 5.95 Å². The Hall–Kier alpha value is -1.39. The maximum atomic E-state index is 5.43. The molecule has 0 N–H and O–H groups in total. The van der Waals surface area contributed by atoms with Crippen LogP contribution in [0, 0.1) is 6.92 Å². The van der Waals surface area contributed by atoms with Crippen molar-refractivity contribution in [2.75, 3.05) is 25.6 Å². The summed E-state index contributed by atoms with van der Waals surface area (Å²) < 4.78 is 5.43. The lowest BCUT2D eigenvalue weighted by atomic mass is 10.4. The lowest BCUT2D eigenvalue weighted by Gasteiger charge is -2.11. The van der Waals surface area contributed by atoms with Crippen molar-refractivity contribution in [3.8, 4) is 6.01 Å². The molecule has 0 unspecified atom stereocenters. The highest BCUT2D eigenvalue weighted by Crippen LogP contribution is 2.09. The van der Waals surface area contributed by atoms with Gasteiger partial charge in [-0.3, -0.25) is 0 Å². The van der Waals surface area contributed by atoms with E-state index in [4.69, 9.17) is 4.74 Å². The van der Waals surface area contributed by atoms with Crippen LogP contribution in [0.5, 0.6) is 6.01 Å². The summed E-state index contributed by atoms with van der Waals surface area (Å²) in [6.45, 7) is 4.61. The third-order valence-electron chi connectivity index (χ3n) is 1.84. The molecule has 0 amide bonds. The van der Waals surface area contributed by atoms with Gasteiger partial charge < -0.3 is 9.64 Å². The quantitative estimate of drug-likeness (QED) is 0.688. The smallest absolute Gasteiger partial charge is 0.321 e. The fourth-order valence-electron chi connectivity index (χ4n) is 1.02. The van der Waals surface area contributed by atoms with Crippen molar-refractivity contribution in [2.45, 2.75) is 26.7 Å². The third kappa shape index (κ3) is 3.69. The van der Waals surface area contributed by atoms with E-state index in [9.17, 15) is 0 Å². The van der Waals surface area contributed by atoms with Crippen LogP contribution < -0.4 is 9.64 Å². The van der Waals surface area contributed by atoms with Crippen molar-refractivity contribution in [1.82, 2.24) is 15.0 Å². The number of aromatic nitrogens is 3. The molecule has 1 heterocycles. The number of hydrogen-bond donors (Lipinski definition) is 0. The van der Waals surface area contributed by atoms with Crippen molar-refractivity contribution in [3.05, 3.63) is 5.82 Å². The van der Waals surface area contributed by atoms with Gasteiger partial charge in [-0.2, -0.15) is 15.0 Å². The predicted molar refractivity (Wildman–Crippen MR) is 59.3 cm³/mol. The zero-order chi connectivity index (χ0) is 11.3. The molecule has 1 aromatic rings. The molecule has 1 aromatic heterocycles. The first-order chi connectivity index (χ1) is 7.13. The maximum absolute atomic E-state index is 5.43. The van der Waals surface area contributed by atoms with E-state index in [-0.39, 0.29) is 0 Å². The van der Waals surface area contributed by atoms with Crippen LogP contribution in [0.25, 0.3) is 0 Å². The predicted octanol–water partition coefficient (Wildman–Crippen LogP) is 1.42. The normalized spacial score (nSPS) is 10.1. The van der Waals surface area contributed by atoms with Crippen LogP contribution in [-0.2, 0) is 0 Å². The van der Waals surface area contributed by atoms with Gasteiger partial charge in [-0.25, -0.2) is 0 Å². The maximum Gasteiger partial charge on any atom is 0.321 e. The average Bonchev–Trinajstić information content (AvgIpc) is 2.17. The standard InChI is InChI=1S/C10H18N4O/c1-5-6-7-15-10-12-8(2)11-9(13-10)14(3)4/h5-7H2,1-4H3. The second-order valence-corrected chi connectivity index (χ2v) is 3.56. The zero-order valence-corrected chi connectivity index (χ0v) is 9.82. The molecule has 0 aliphatic heterocycles. The summed E-state index contributed by atoms with van der Waals surface area (Å²) in [5, 5.41) is 0. The zero-order valence-electron chi connectivity index (χ0n) is 9.82. The van der Waals surface area contributed by atoms with Gasteiger partial charge in [-0.15, -0.1) is 0 Å². The molecule has 0 radical (unpaired) electrons. The third-order valence-corrected chi connectivity index (χ3v) is 1.84. The Morgan fingerprint density at radius 1 is 1.20 bits per heavy atom. The monoisotopic (exact) mass is 210 g/mol. The molecular formula is C10H18N4O. The summed E-state index contributed by atoms with van der Waals surface area (Å²) in [5.74, 6) is 1.31. The number of ether oxygens (including phenoxy) is 1. The molecular weight excluding hydrogens is 192 g/mol. The van der Waals surface area contributed by atoms with Crippen LogP contribution in [-0.4, -0.2) is 35.7 Å². The van der Waals surface area contributed by atoms with Crippen LogP contribution in [0.4, 0.5) is 5.95 Å². The number of rotatable bonds is 5. The minimum Gasteiger partial charge on any atom is -0.463 e. The van der Waals surface area contributed by atoms with Crippen LogP contribution in [0.1, 0.15) is 25.6 Å². The Bertz CT molecular complexity index is 314. The molecule has 1 rings (SSSR count). The SMILES string of the molecule is CCCCOc1nc(C)nc(N(C)C)n1. The minimum atomic E-state index is 0.416. The molecule has 0 aliphatic carbocycles. The molecule has 15 heavy (non-hydrogen) atoms. The molecule has 0 aromatic carbocycles. The Morgan fingerprint density at radius 2 is 1.93 bits per heavy atom. The first-order valence-electron chi connectivity index (χ1n) is 5.16. The van der Waals surface area contributed by atoms with E-state index in [0.717, 1.165) is 12.8 Å². The molecule has 5 nitrogen and oxygen atoms in total. The van der Waals surface area contributed by atoms with Gasteiger partial charge in [0.1, 0.15) is 5.82 Å². The van der Waals surface area contributed by atoms with Crippen LogP contribution >= 0.6 is 0 Å². The fourth-order valence-corrected chi connectivity index (χ4v) is 1.02. The number of nitrogens with zero attached hydrogens (tertiary/aromatic N) is 4. The van der Waals surface area contributed by atoms with Crippen molar-refractivity contribution >= 4 is 5.95 Å². The number of aryl methyl sites for hydroxylation is 1. The van der Waals surface area contributed by atoms with Crippen LogP contribution in [0.3, 0.4) is 0 Å². The lowest BCUT2D eigenvalue weighted by Crippen LogP contribution is -2.15. The summed E-state index contributed by atoms with van der Waals surface area (Å²) in [4.78, 5) is 14.3. The summed E-state index contributed by atoms with van der Waals surface area (Å²) in [6, 6.07) is 0.416. The van der Waals surface area contributed by atoms with Crippen molar-refractivity contribution < 1.29 is 4.74 Å². The number of anilines is 1. The first kappa shape index (κ1) is 11.7. The largest absolute Gasteiger partial charge is 0.463 e. The van der Waals surface area contributed by atoms with Crippen LogP contribution in [0.15, 0.2) is 0 Å². The van der Waals surface area contributed by atoms with E-state index in [1.807, 2.05) is 25.9 Å². The van der Waals surface area contributed by atoms with Gasteiger partial charge >= 0.3 is 6.01 Å². The van der Waals surface area contributed by atoms with Gasteiger partial charge in [0, 0.05) is 14.1 Å². The Morgan fingerprint density at radius 3 is 2.53 bits per heavy atom. The second kappa shape index (κ2) is 5.48. The highest BCUT2D eigenvalue weighted by atomic mass is 16.5. The summed E-state index contributed by atoms with van der Waals surface area (Å²) >= 11 is 0. The number of hydrogen-bond acceptors (Lipinski definition) is 5. The lowest BCUT2D eigenvalue weighted by molar-refractivity contribution is 0.283. The molecule has 0 aliphatic rings. The minimum absolute atomic E-state index is 0.416. The van der Waals surface area contributed by atoms with E-state index in [2.05, 4.69) is 21.9 Å².